The predicted molar refractivity (Wildman–Crippen MR) is 132 cm³/mol. The third-order valence-electron chi connectivity index (χ3n) is 5.09. The second-order valence-electron chi connectivity index (χ2n) is 7.63. The van der Waals surface area contributed by atoms with Gasteiger partial charge in [-0.05, 0) is 0 Å². The van der Waals surface area contributed by atoms with Crippen molar-refractivity contribution in [1.82, 2.24) is 0 Å². The summed E-state index contributed by atoms with van der Waals surface area (Å²) in [5.74, 6) is 0. The Bertz CT molecular complexity index is 1340. The van der Waals surface area contributed by atoms with Crippen LogP contribution in [-0.4, -0.2) is 5.43 Å². The van der Waals surface area contributed by atoms with E-state index in [0.29, 0.717) is 0 Å². The van der Waals surface area contributed by atoms with Gasteiger partial charge in [-0.15, -0.1) is 45.8 Å². The van der Waals surface area contributed by atoms with Crippen LogP contribution in [0.25, 0.3) is 43.1 Å². The van der Waals surface area contributed by atoms with Crippen LogP contribution in [0, 0.1) is 0 Å². The summed E-state index contributed by atoms with van der Waals surface area (Å²) in [4.78, 5) is 0. The van der Waals surface area contributed by atoms with Crippen molar-refractivity contribution in [2.45, 2.75) is 13.1 Å². The van der Waals surface area contributed by atoms with Crippen LogP contribution in [0.2, 0.25) is 13.1 Å². The maximum absolute atomic E-state index is 2.31. The van der Waals surface area contributed by atoms with E-state index < -0.39 is 0 Å². The fourth-order valence-corrected chi connectivity index (χ4v) is 3.78. The van der Waals surface area contributed by atoms with Gasteiger partial charge in [0.2, 0.25) is 0 Å². The Hall–Kier alpha value is -1.70. The summed E-state index contributed by atoms with van der Waals surface area (Å²) in [5, 5.41) is 10.7. The van der Waals surface area contributed by atoms with Crippen LogP contribution in [0.3, 0.4) is 0 Å². The second kappa shape index (κ2) is 12.5. The predicted octanol–water partition coefficient (Wildman–Crippen LogP) is 2.22. The summed E-state index contributed by atoms with van der Waals surface area (Å²) >= 11 is 1.74. The van der Waals surface area contributed by atoms with Crippen molar-refractivity contribution < 1.29 is 48.1 Å². The van der Waals surface area contributed by atoms with Crippen LogP contribution >= 0.6 is 0 Å². The van der Waals surface area contributed by atoms with Gasteiger partial charge in [-0.25, -0.2) is 0 Å². The zero-order chi connectivity index (χ0) is 20.9. The summed E-state index contributed by atoms with van der Waals surface area (Å²) in [6, 6.07) is 38.6. The van der Waals surface area contributed by atoms with E-state index in [9.17, 15) is 0 Å². The smallest absolute Gasteiger partial charge is 0.0606 e. The SMILES string of the molecule is C[Si](C)=[Zr+2].[Cl-].[Cl-].c1ccc2c(c1)ccc1cc[cH-]c12.c1ccc2c(c1)ccc1cc[cH-]c12. The molecule has 0 fully saturated rings. The van der Waals surface area contributed by atoms with Gasteiger partial charge in [0.15, 0.2) is 0 Å². The van der Waals surface area contributed by atoms with Gasteiger partial charge >= 0.3 is 41.9 Å². The molecule has 6 aromatic carbocycles. The molecule has 0 saturated carbocycles. The molecular formula is C28H24Cl2SiZr-2. The number of halogens is 2. The Morgan fingerprint density at radius 2 is 0.875 bits per heavy atom. The Morgan fingerprint density at radius 3 is 1.28 bits per heavy atom. The largest absolute Gasteiger partial charge is 1.00 e. The number of benzene rings is 4. The molecule has 6 rings (SSSR count). The summed E-state index contributed by atoms with van der Waals surface area (Å²) in [6.07, 6.45) is 0. The standard InChI is InChI=1S/2C13H9.C2H6Si.2ClH.Zr/c2*1-2-6-12-10(4-1)8-9-11-5-3-7-13(11)12;1-3-2;;;/h2*1-9H;1-2H3;2*1H;/q2*-1;;;;+2/p-2. The van der Waals surface area contributed by atoms with Crippen LogP contribution in [0.5, 0.6) is 0 Å². The van der Waals surface area contributed by atoms with Crippen molar-refractivity contribution in [3.63, 3.8) is 0 Å². The fraction of sp³-hybridized carbons (Fsp3) is 0.0714. The van der Waals surface area contributed by atoms with Crippen LogP contribution in [-0.2, 0) is 23.3 Å². The molecule has 32 heavy (non-hydrogen) atoms. The third-order valence-corrected chi connectivity index (χ3v) is 5.09. The van der Waals surface area contributed by atoms with E-state index in [2.05, 4.69) is 122 Å². The van der Waals surface area contributed by atoms with E-state index in [0.717, 1.165) is 0 Å². The molecule has 4 heteroatoms. The quantitative estimate of drug-likeness (QED) is 0.201. The minimum absolute atomic E-state index is 0. The Labute approximate surface area is 217 Å². The van der Waals surface area contributed by atoms with Gasteiger partial charge in [0.05, 0.1) is 0 Å². The Balaban J connectivity index is 0.000000185. The minimum atomic E-state index is 0. The van der Waals surface area contributed by atoms with Crippen molar-refractivity contribution in [2.24, 2.45) is 0 Å². The molecule has 0 heterocycles. The van der Waals surface area contributed by atoms with Gasteiger partial charge in [0.1, 0.15) is 0 Å². The van der Waals surface area contributed by atoms with Gasteiger partial charge < -0.3 is 24.8 Å². The molecule has 160 valence electrons. The molecule has 0 atom stereocenters. The van der Waals surface area contributed by atoms with Crippen molar-refractivity contribution in [3.8, 4) is 0 Å². The summed E-state index contributed by atoms with van der Waals surface area (Å²) in [6.45, 7) is 4.62. The third kappa shape index (κ3) is 6.21. The molecule has 0 N–H and O–H groups in total. The number of fused-ring (bicyclic) bond motifs is 6. The molecule has 0 amide bonds. The fourth-order valence-electron chi connectivity index (χ4n) is 3.78. The first-order chi connectivity index (χ1) is 14.6. The topological polar surface area (TPSA) is 0 Å². The van der Waals surface area contributed by atoms with Crippen molar-refractivity contribution in [3.05, 3.63) is 109 Å². The molecule has 0 spiro atoms. The van der Waals surface area contributed by atoms with Gasteiger partial charge in [0, 0.05) is 0 Å². The van der Waals surface area contributed by atoms with Crippen molar-refractivity contribution in [2.75, 3.05) is 0 Å². The molecule has 6 aromatic rings. The van der Waals surface area contributed by atoms with E-state index in [1.54, 1.807) is 23.3 Å². The monoisotopic (exact) mass is 548 g/mol. The van der Waals surface area contributed by atoms with Gasteiger partial charge in [-0.2, -0.15) is 24.3 Å². The minimum Gasteiger partial charge on any atom is -1.00 e. The maximum Gasteiger partial charge on any atom is -0.0606 e. The molecule has 0 aromatic heterocycles. The number of hydrogen-bond acceptors (Lipinski definition) is 0. The maximum atomic E-state index is 2.31. The first kappa shape index (κ1) is 26.6. The van der Waals surface area contributed by atoms with Gasteiger partial charge in [-0.1, -0.05) is 82.2 Å². The number of rotatable bonds is 0. The Morgan fingerprint density at radius 1 is 0.531 bits per heavy atom. The first-order valence-corrected chi connectivity index (χ1v) is 16.4. The Kier molecular flexibility index (Phi) is 10.4. The molecule has 0 saturated heterocycles. The first-order valence-electron chi connectivity index (χ1n) is 10.2. The van der Waals surface area contributed by atoms with E-state index in [1.165, 1.54) is 43.1 Å². The zero-order valence-electron chi connectivity index (χ0n) is 18.1. The van der Waals surface area contributed by atoms with Gasteiger partial charge in [0.25, 0.3) is 0 Å². The molecule has 0 aliphatic carbocycles. The van der Waals surface area contributed by atoms with Crippen LogP contribution in [0.4, 0.5) is 0 Å². The van der Waals surface area contributed by atoms with E-state index >= 15 is 0 Å². The van der Waals surface area contributed by atoms with E-state index in [1.807, 2.05) is 0 Å². The van der Waals surface area contributed by atoms with Crippen LogP contribution in [0.15, 0.2) is 109 Å². The van der Waals surface area contributed by atoms with Crippen LogP contribution < -0.4 is 24.8 Å². The normalized spacial score (nSPS) is 9.88. The molecule has 0 radical (unpaired) electrons. The zero-order valence-corrected chi connectivity index (χ0v) is 23.1. The molecule has 0 nitrogen and oxygen atoms in total. The second-order valence-corrected chi connectivity index (χ2v) is 17.0. The summed E-state index contributed by atoms with van der Waals surface area (Å²) in [5.41, 5.74) is 0.210. The van der Waals surface area contributed by atoms with Crippen LogP contribution in [0.1, 0.15) is 0 Å². The van der Waals surface area contributed by atoms with Crippen molar-refractivity contribution >= 4 is 48.5 Å². The molecule has 0 bridgehead atoms. The molecule has 0 unspecified atom stereocenters. The average molecular weight is 551 g/mol. The van der Waals surface area contributed by atoms with E-state index in [-0.39, 0.29) is 30.2 Å². The average Bonchev–Trinajstić information content (AvgIpc) is 3.43. The summed E-state index contributed by atoms with van der Waals surface area (Å²) in [7, 11) is 0. The molecular weight excluding hydrogens is 527 g/mol. The summed E-state index contributed by atoms with van der Waals surface area (Å²) < 4.78 is 0. The van der Waals surface area contributed by atoms with E-state index in [4.69, 9.17) is 0 Å². The van der Waals surface area contributed by atoms with Gasteiger partial charge in [-0.3, -0.25) is 0 Å². The van der Waals surface area contributed by atoms with Crippen molar-refractivity contribution in [1.29, 1.82) is 0 Å². The molecule has 0 aliphatic rings. The molecule has 0 aliphatic heterocycles. The number of hydrogen-bond donors (Lipinski definition) is 0.